The van der Waals surface area contributed by atoms with Crippen LogP contribution in [0.3, 0.4) is 0 Å². The number of phenols is 1. The molecule has 0 aliphatic heterocycles. The van der Waals surface area contributed by atoms with Gasteiger partial charge in [-0.3, -0.25) is 19.3 Å². The maximum atomic E-state index is 14.1. The van der Waals surface area contributed by atoms with E-state index in [1.165, 1.54) is 6.07 Å². The Kier molecular flexibility index (Phi) is 7.19. The lowest BCUT2D eigenvalue weighted by Gasteiger charge is -2.46. The highest BCUT2D eigenvalue weighted by molar-refractivity contribution is 6.22. The smallest absolute Gasteiger partial charge is 0.255 e. The predicted octanol–water partition coefficient (Wildman–Crippen LogP) is 2.96. The number of likely N-dealkylation sites (N-methyl/N-ethyl adjacent to an activating group) is 1. The van der Waals surface area contributed by atoms with Crippen molar-refractivity contribution in [3.05, 3.63) is 69.7 Å². The molecule has 2 aromatic rings. The van der Waals surface area contributed by atoms with Crippen LogP contribution < -0.4 is 16.2 Å². The molecule has 3 aliphatic rings. The van der Waals surface area contributed by atoms with Gasteiger partial charge in [0.1, 0.15) is 28.6 Å². The van der Waals surface area contributed by atoms with Gasteiger partial charge in [0.2, 0.25) is 0 Å². The summed E-state index contributed by atoms with van der Waals surface area (Å²) in [6.07, 6.45) is 1.10. The summed E-state index contributed by atoms with van der Waals surface area (Å²) >= 11 is 0. The average Bonchev–Trinajstić information content (AvgIpc) is 2.87. The van der Waals surface area contributed by atoms with E-state index in [4.69, 9.17) is 16.2 Å². The number of ketones is 2. The number of benzene rings is 2. The molecule has 0 radical (unpaired) electrons. The van der Waals surface area contributed by atoms with Gasteiger partial charge in [-0.15, -0.1) is 0 Å². The molecule has 4 atom stereocenters. The van der Waals surface area contributed by atoms with Gasteiger partial charge in [0.05, 0.1) is 24.6 Å². The monoisotopic (exact) mass is 575 g/mol. The quantitative estimate of drug-likeness (QED) is 0.324. The Balaban J connectivity index is 1.70. The number of carbonyl (C=O) groups is 3. The predicted molar refractivity (Wildman–Crippen MR) is 156 cm³/mol. The van der Waals surface area contributed by atoms with Crippen molar-refractivity contribution in [3.8, 4) is 22.6 Å². The zero-order valence-corrected chi connectivity index (χ0v) is 24.4. The lowest BCUT2D eigenvalue weighted by atomic mass is 9.60. The van der Waals surface area contributed by atoms with Crippen LogP contribution in [0.4, 0.5) is 0 Å². The molecule has 0 bridgehead atoms. The number of rotatable bonds is 6. The fourth-order valence-corrected chi connectivity index (χ4v) is 7.10. The molecular formula is C32H37N3O7. The van der Waals surface area contributed by atoms with Crippen molar-refractivity contribution in [2.24, 2.45) is 29.2 Å². The zero-order chi connectivity index (χ0) is 30.8. The van der Waals surface area contributed by atoms with E-state index < -0.39 is 63.9 Å². The summed E-state index contributed by atoms with van der Waals surface area (Å²) in [5.41, 5.74) is 13.9. The molecule has 3 aliphatic carbocycles. The highest BCUT2D eigenvalue weighted by Crippen LogP contribution is 2.51. The van der Waals surface area contributed by atoms with E-state index in [-0.39, 0.29) is 29.7 Å². The van der Waals surface area contributed by atoms with Crippen LogP contribution in [0, 0.1) is 17.8 Å². The molecule has 10 nitrogen and oxygen atoms in total. The zero-order valence-electron chi connectivity index (χ0n) is 24.4. The summed E-state index contributed by atoms with van der Waals surface area (Å²) in [4.78, 5) is 41.3. The van der Waals surface area contributed by atoms with Crippen molar-refractivity contribution in [1.82, 2.24) is 4.90 Å². The Morgan fingerprint density at radius 2 is 1.76 bits per heavy atom. The lowest BCUT2D eigenvalue weighted by molar-refractivity contribution is -0.127. The normalized spacial score (nSPS) is 24.0. The number of aliphatic hydroxyl groups excluding tert-OH is 2. The van der Waals surface area contributed by atoms with E-state index in [9.17, 15) is 29.7 Å². The van der Waals surface area contributed by atoms with E-state index in [0.29, 0.717) is 17.7 Å². The molecule has 0 fully saturated rings. The summed E-state index contributed by atoms with van der Waals surface area (Å²) < 4.78 is 5.50. The topological polar surface area (TPSA) is 176 Å². The minimum atomic E-state index is -1.23. The summed E-state index contributed by atoms with van der Waals surface area (Å²) in [6, 6.07) is 8.11. The molecule has 0 saturated heterocycles. The first-order valence-electron chi connectivity index (χ1n) is 13.9. The standard InChI is InChI=1S/C32H37N3O7/c1-32(2,34)13-14-6-7-16(42-5)12-18(14)17-8-9-21(36)23-19(17)10-15-11-20-24(28(38)22(15)27(23)37)29(39)25(31(33)41)30(40)26(20)35(3)4/h6-9,12,15,20,24,26,36,38,40H,10-11,13,34H2,1-5H3,(H2,33,41)/t15?,20?,24?,26-/m0/s1. The van der Waals surface area contributed by atoms with Gasteiger partial charge in [0, 0.05) is 11.1 Å². The lowest BCUT2D eigenvalue weighted by Crippen LogP contribution is -2.53. The van der Waals surface area contributed by atoms with Gasteiger partial charge in [0.15, 0.2) is 11.6 Å². The summed E-state index contributed by atoms with van der Waals surface area (Å²) in [6.45, 7) is 3.85. The van der Waals surface area contributed by atoms with Crippen LogP contribution in [-0.4, -0.2) is 70.5 Å². The van der Waals surface area contributed by atoms with Crippen molar-refractivity contribution >= 4 is 17.5 Å². The number of fused-ring (bicyclic) bond motifs is 3. The Morgan fingerprint density at radius 1 is 1.07 bits per heavy atom. The van der Waals surface area contributed by atoms with E-state index in [0.717, 1.165) is 16.7 Å². The second-order valence-corrected chi connectivity index (χ2v) is 12.5. The minimum Gasteiger partial charge on any atom is -0.511 e. The number of Topliss-reactive ketones (excluding diaryl/α,β-unsaturated/α-hetero) is 2. The maximum Gasteiger partial charge on any atom is 0.255 e. The first-order valence-corrected chi connectivity index (χ1v) is 13.9. The molecule has 42 heavy (non-hydrogen) atoms. The first kappa shape index (κ1) is 29.3. The molecule has 2 aromatic carbocycles. The number of carbonyl (C=O) groups excluding carboxylic acids is 3. The number of ether oxygens (including phenoxy) is 1. The molecule has 7 N–H and O–H groups in total. The SMILES string of the molecule is COc1ccc(CC(C)(C)N)c(-c2ccc(O)c3c2CC2CC4C(C(=O)C(C(N)=O)=C(O)[C@H]4N(C)C)C(O)=C2C3=O)c1. The molecule has 5 rings (SSSR count). The Hall–Kier alpha value is -4.15. The number of amides is 1. The van der Waals surface area contributed by atoms with Crippen LogP contribution in [0.15, 0.2) is 53.0 Å². The van der Waals surface area contributed by atoms with Crippen molar-refractivity contribution in [2.45, 2.75) is 44.7 Å². The van der Waals surface area contributed by atoms with Gasteiger partial charge >= 0.3 is 0 Å². The van der Waals surface area contributed by atoms with E-state index in [1.54, 1.807) is 32.2 Å². The van der Waals surface area contributed by atoms with Crippen LogP contribution in [0.2, 0.25) is 0 Å². The third kappa shape index (κ3) is 4.64. The van der Waals surface area contributed by atoms with Crippen molar-refractivity contribution < 1.29 is 34.4 Å². The van der Waals surface area contributed by atoms with E-state index in [1.807, 2.05) is 32.0 Å². The number of primary amides is 1. The highest BCUT2D eigenvalue weighted by atomic mass is 16.5. The Bertz CT molecular complexity index is 1580. The number of phenolic OH excluding ortho intramolecular Hbond substituents is 1. The Labute approximate surface area is 244 Å². The number of aliphatic hydroxyl groups is 2. The molecule has 0 spiro atoms. The molecule has 10 heteroatoms. The molecule has 1 amide bonds. The number of methoxy groups -OCH3 is 1. The van der Waals surface area contributed by atoms with Gasteiger partial charge in [-0.05, 0) is 99.5 Å². The van der Waals surface area contributed by atoms with Crippen LogP contribution in [-0.2, 0) is 22.4 Å². The summed E-state index contributed by atoms with van der Waals surface area (Å²) in [5, 5.41) is 33.4. The van der Waals surface area contributed by atoms with Crippen molar-refractivity contribution in [1.29, 1.82) is 0 Å². The van der Waals surface area contributed by atoms with Crippen molar-refractivity contribution in [2.75, 3.05) is 21.2 Å². The third-order valence-electron chi connectivity index (χ3n) is 8.70. The molecule has 0 aromatic heterocycles. The number of allylic oxidation sites excluding steroid dienone is 2. The molecule has 222 valence electrons. The van der Waals surface area contributed by atoms with Crippen LogP contribution >= 0.6 is 0 Å². The first-order chi connectivity index (χ1) is 19.7. The number of hydrogen-bond acceptors (Lipinski definition) is 9. The van der Waals surface area contributed by atoms with Gasteiger partial charge in [-0.2, -0.15) is 0 Å². The number of aromatic hydroxyl groups is 1. The highest BCUT2D eigenvalue weighted by Gasteiger charge is 2.54. The van der Waals surface area contributed by atoms with E-state index in [2.05, 4.69) is 0 Å². The summed E-state index contributed by atoms with van der Waals surface area (Å²) in [5.74, 6) is -5.33. The summed E-state index contributed by atoms with van der Waals surface area (Å²) in [7, 11) is 4.96. The van der Waals surface area contributed by atoms with Gasteiger partial charge in [-0.25, -0.2) is 0 Å². The second kappa shape index (κ2) is 10.3. The number of hydrogen-bond donors (Lipinski definition) is 5. The maximum absolute atomic E-state index is 14.1. The number of nitrogens with zero attached hydrogens (tertiary/aromatic N) is 1. The Morgan fingerprint density at radius 3 is 2.36 bits per heavy atom. The molecule has 0 heterocycles. The third-order valence-corrected chi connectivity index (χ3v) is 8.70. The fourth-order valence-electron chi connectivity index (χ4n) is 7.10. The molecule has 3 unspecified atom stereocenters. The second-order valence-electron chi connectivity index (χ2n) is 12.5. The molecular weight excluding hydrogens is 538 g/mol. The van der Waals surface area contributed by atoms with Crippen molar-refractivity contribution in [3.63, 3.8) is 0 Å². The fraction of sp³-hybridized carbons (Fsp3) is 0.406. The van der Waals surface area contributed by atoms with Gasteiger partial charge < -0.3 is 31.5 Å². The minimum absolute atomic E-state index is 0.0428. The largest absolute Gasteiger partial charge is 0.511 e. The molecule has 0 saturated carbocycles. The van der Waals surface area contributed by atoms with E-state index >= 15 is 0 Å². The van der Waals surface area contributed by atoms with Gasteiger partial charge in [-0.1, -0.05) is 12.1 Å². The number of nitrogens with two attached hydrogens (primary N) is 2. The average molecular weight is 576 g/mol. The van der Waals surface area contributed by atoms with Gasteiger partial charge in [0.25, 0.3) is 5.91 Å². The van der Waals surface area contributed by atoms with Crippen LogP contribution in [0.1, 0.15) is 41.8 Å². The van der Waals surface area contributed by atoms with Crippen LogP contribution in [0.5, 0.6) is 11.5 Å². The van der Waals surface area contributed by atoms with Crippen LogP contribution in [0.25, 0.3) is 11.1 Å².